The molecule has 21 heavy (non-hydrogen) atoms. The van der Waals surface area contributed by atoms with Gasteiger partial charge < -0.3 is 5.32 Å². The molecule has 0 saturated heterocycles. The molecule has 0 aliphatic heterocycles. The molecule has 0 aliphatic carbocycles. The second kappa shape index (κ2) is 6.24. The van der Waals surface area contributed by atoms with Gasteiger partial charge in [-0.3, -0.25) is 0 Å². The third-order valence-corrected chi connectivity index (χ3v) is 3.90. The van der Waals surface area contributed by atoms with Crippen LogP contribution in [-0.2, 0) is 6.54 Å². The Hall–Kier alpha value is -1.92. The summed E-state index contributed by atoms with van der Waals surface area (Å²) in [5.74, 6) is 0.724. The fourth-order valence-corrected chi connectivity index (χ4v) is 2.41. The van der Waals surface area contributed by atoms with Crippen molar-refractivity contribution in [2.24, 2.45) is 0 Å². The average molecular weight is 365 g/mol. The summed E-state index contributed by atoms with van der Waals surface area (Å²) < 4.78 is 2.63. The lowest BCUT2D eigenvalue weighted by Gasteiger charge is -2.09. The second-order valence-corrected chi connectivity index (χ2v) is 5.63. The minimum absolute atomic E-state index is 0.658. The lowest BCUT2D eigenvalue weighted by Crippen LogP contribution is -2.02. The smallest absolute Gasteiger partial charge is 0.155 e. The monoisotopic (exact) mass is 363 g/mol. The van der Waals surface area contributed by atoms with Gasteiger partial charge in [-0.15, -0.1) is 0 Å². The Bertz CT molecular complexity index is 728. The van der Waals surface area contributed by atoms with Gasteiger partial charge in [0, 0.05) is 16.0 Å². The number of rotatable bonds is 4. The summed E-state index contributed by atoms with van der Waals surface area (Å²) in [6, 6.07) is 9.54. The van der Waals surface area contributed by atoms with E-state index in [4.69, 9.17) is 11.6 Å². The highest BCUT2D eigenvalue weighted by molar-refractivity contribution is 9.10. The van der Waals surface area contributed by atoms with Gasteiger partial charge in [0.15, 0.2) is 5.82 Å². The lowest BCUT2D eigenvalue weighted by atomic mass is 10.2. The van der Waals surface area contributed by atoms with Gasteiger partial charge in [-0.2, -0.15) is 5.10 Å². The van der Waals surface area contributed by atoms with Crippen LogP contribution in [0, 0.1) is 0 Å². The SMILES string of the molecule is Clc1ccc(Br)c(CNc2ccc(-n3cncn3)nc2)c1. The highest BCUT2D eigenvalue weighted by Crippen LogP contribution is 2.22. The Kier molecular flexibility index (Phi) is 4.17. The van der Waals surface area contributed by atoms with Crippen molar-refractivity contribution in [2.45, 2.75) is 6.54 Å². The molecule has 5 nitrogen and oxygen atoms in total. The van der Waals surface area contributed by atoms with Gasteiger partial charge in [-0.25, -0.2) is 14.6 Å². The molecule has 0 bridgehead atoms. The zero-order chi connectivity index (χ0) is 14.7. The van der Waals surface area contributed by atoms with Crippen LogP contribution in [0.3, 0.4) is 0 Å². The fourth-order valence-electron chi connectivity index (χ4n) is 1.83. The molecule has 0 unspecified atom stereocenters. The zero-order valence-electron chi connectivity index (χ0n) is 10.9. The van der Waals surface area contributed by atoms with Gasteiger partial charge >= 0.3 is 0 Å². The van der Waals surface area contributed by atoms with E-state index >= 15 is 0 Å². The quantitative estimate of drug-likeness (QED) is 0.767. The topological polar surface area (TPSA) is 55.6 Å². The number of hydrogen-bond acceptors (Lipinski definition) is 4. The molecule has 2 heterocycles. The number of nitrogens with one attached hydrogen (secondary N) is 1. The van der Waals surface area contributed by atoms with E-state index in [0.29, 0.717) is 6.54 Å². The van der Waals surface area contributed by atoms with E-state index in [9.17, 15) is 0 Å². The number of anilines is 1. The third kappa shape index (κ3) is 3.40. The Morgan fingerprint density at radius 2 is 2.14 bits per heavy atom. The molecular weight excluding hydrogens is 354 g/mol. The first kappa shape index (κ1) is 14.0. The highest BCUT2D eigenvalue weighted by Gasteiger charge is 2.02. The molecule has 3 rings (SSSR count). The number of nitrogens with zero attached hydrogens (tertiary/aromatic N) is 4. The minimum atomic E-state index is 0.658. The molecule has 0 spiro atoms. The largest absolute Gasteiger partial charge is 0.380 e. The third-order valence-electron chi connectivity index (χ3n) is 2.89. The first-order valence-corrected chi connectivity index (χ1v) is 7.38. The Balaban J connectivity index is 1.70. The van der Waals surface area contributed by atoms with Gasteiger partial charge in [-0.05, 0) is 35.9 Å². The Labute approximate surface area is 135 Å². The molecule has 0 aliphatic rings. The molecule has 0 saturated carbocycles. The fraction of sp³-hybridized carbons (Fsp3) is 0.0714. The van der Waals surface area contributed by atoms with E-state index in [2.05, 4.69) is 36.3 Å². The molecule has 0 atom stereocenters. The molecule has 3 aromatic rings. The molecule has 0 amide bonds. The number of halogens is 2. The maximum absolute atomic E-state index is 6.00. The van der Waals surface area contributed by atoms with Crippen molar-refractivity contribution in [3.8, 4) is 5.82 Å². The van der Waals surface area contributed by atoms with Gasteiger partial charge in [0.05, 0.1) is 11.9 Å². The summed E-state index contributed by atoms with van der Waals surface area (Å²) in [6.45, 7) is 0.658. The summed E-state index contributed by atoms with van der Waals surface area (Å²) in [7, 11) is 0. The number of pyridine rings is 1. The van der Waals surface area contributed by atoms with Crippen molar-refractivity contribution in [1.29, 1.82) is 0 Å². The molecule has 2 aromatic heterocycles. The number of aromatic nitrogens is 4. The first-order valence-electron chi connectivity index (χ1n) is 6.21. The molecule has 106 valence electrons. The summed E-state index contributed by atoms with van der Waals surface area (Å²) in [4.78, 5) is 8.23. The summed E-state index contributed by atoms with van der Waals surface area (Å²) in [5.41, 5.74) is 2.01. The van der Waals surface area contributed by atoms with Crippen molar-refractivity contribution in [3.05, 3.63) is 64.2 Å². The molecule has 1 aromatic carbocycles. The van der Waals surface area contributed by atoms with E-state index in [0.717, 1.165) is 26.6 Å². The van der Waals surface area contributed by atoms with Gasteiger partial charge in [-0.1, -0.05) is 27.5 Å². The van der Waals surface area contributed by atoms with Crippen molar-refractivity contribution in [1.82, 2.24) is 19.7 Å². The molecular formula is C14H11BrClN5. The minimum Gasteiger partial charge on any atom is -0.380 e. The standard InChI is InChI=1S/C14H11BrClN5/c15-13-3-1-11(16)5-10(13)6-18-12-2-4-14(19-7-12)21-9-17-8-20-21/h1-5,7-9,18H,6H2. The summed E-state index contributed by atoms with van der Waals surface area (Å²) >= 11 is 9.51. The van der Waals surface area contributed by atoms with Crippen LogP contribution in [0.4, 0.5) is 5.69 Å². The van der Waals surface area contributed by atoms with Crippen LogP contribution in [0.2, 0.25) is 5.02 Å². The van der Waals surface area contributed by atoms with Crippen LogP contribution in [-0.4, -0.2) is 19.7 Å². The van der Waals surface area contributed by atoms with Crippen LogP contribution >= 0.6 is 27.5 Å². The van der Waals surface area contributed by atoms with E-state index in [1.165, 1.54) is 6.33 Å². The number of benzene rings is 1. The molecule has 1 N–H and O–H groups in total. The maximum atomic E-state index is 6.00. The van der Waals surface area contributed by atoms with Crippen LogP contribution in [0.5, 0.6) is 0 Å². The van der Waals surface area contributed by atoms with Crippen LogP contribution in [0.25, 0.3) is 5.82 Å². The lowest BCUT2D eigenvalue weighted by molar-refractivity contribution is 0.845. The highest BCUT2D eigenvalue weighted by atomic mass is 79.9. The van der Waals surface area contributed by atoms with Crippen molar-refractivity contribution in [3.63, 3.8) is 0 Å². The van der Waals surface area contributed by atoms with Crippen LogP contribution in [0.15, 0.2) is 53.7 Å². The predicted octanol–water partition coefficient (Wildman–Crippen LogP) is 3.69. The first-order chi connectivity index (χ1) is 10.2. The maximum Gasteiger partial charge on any atom is 0.155 e. The molecule has 7 heteroatoms. The zero-order valence-corrected chi connectivity index (χ0v) is 13.2. The average Bonchev–Trinajstić information content (AvgIpc) is 3.03. The van der Waals surface area contributed by atoms with E-state index in [1.54, 1.807) is 17.2 Å². The van der Waals surface area contributed by atoms with Gasteiger partial charge in [0.2, 0.25) is 0 Å². The normalized spacial score (nSPS) is 10.6. The summed E-state index contributed by atoms with van der Waals surface area (Å²) in [6.07, 6.45) is 4.85. The van der Waals surface area contributed by atoms with Crippen LogP contribution < -0.4 is 5.32 Å². The molecule has 0 radical (unpaired) electrons. The van der Waals surface area contributed by atoms with Crippen LogP contribution in [0.1, 0.15) is 5.56 Å². The van der Waals surface area contributed by atoms with Gasteiger partial charge in [0.1, 0.15) is 12.7 Å². The van der Waals surface area contributed by atoms with E-state index in [-0.39, 0.29) is 0 Å². The van der Waals surface area contributed by atoms with Crippen molar-refractivity contribution in [2.75, 3.05) is 5.32 Å². The van der Waals surface area contributed by atoms with E-state index < -0.39 is 0 Å². The van der Waals surface area contributed by atoms with Crippen molar-refractivity contribution < 1.29 is 0 Å². The summed E-state index contributed by atoms with van der Waals surface area (Å²) in [5, 5.41) is 8.06. The second-order valence-electron chi connectivity index (χ2n) is 4.33. The molecule has 0 fully saturated rings. The van der Waals surface area contributed by atoms with E-state index in [1.807, 2.05) is 30.3 Å². The Morgan fingerprint density at radius 3 is 2.86 bits per heavy atom. The van der Waals surface area contributed by atoms with Gasteiger partial charge in [0.25, 0.3) is 0 Å². The Morgan fingerprint density at radius 1 is 1.24 bits per heavy atom. The predicted molar refractivity (Wildman–Crippen MR) is 85.6 cm³/mol. The number of hydrogen-bond donors (Lipinski definition) is 1. The van der Waals surface area contributed by atoms with Crippen molar-refractivity contribution >= 4 is 33.2 Å².